The second-order valence-corrected chi connectivity index (χ2v) is 8.87. The van der Waals surface area contributed by atoms with Gasteiger partial charge in [0.1, 0.15) is 12.4 Å². The maximum absolute atomic E-state index is 15.2. The topological polar surface area (TPSA) is 74.6 Å². The van der Waals surface area contributed by atoms with Crippen molar-refractivity contribution in [3.05, 3.63) is 58.2 Å². The largest absolute Gasteiger partial charge is 1.00 e. The number of aromatic nitrogens is 1. The van der Waals surface area contributed by atoms with Crippen LogP contribution >= 0.6 is 23.4 Å². The molecule has 3 aromatic rings. The number of halogens is 3. The van der Waals surface area contributed by atoms with Gasteiger partial charge >= 0.3 is 29.6 Å². The molecular formula is C22H18ClF2N2NaO4S. The number of carbonyl (C=O) groups is 2. The van der Waals surface area contributed by atoms with E-state index < -0.39 is 29.1 Å². The van der Waals surface area contributed by atoms with Gasteiger partial charge in [-0.2, -0.15) is 0 Å². The van der Waals surface area contributed by atoms with E-state index in [1.165, 1.54) is 32.4 Å². The van der Waals surface area contributed by atoms with Crippen molar-refractivity contribution >= 4 is 46.1 Å². The molecule has 0 bridgehead atoms. The Morgan fingerprint density at radius 1 is 1.24 bits per heavy atom. The number of rotatable bonds is 7. The molecule has 0 unspecified atom stereocenters. The zero-order valence-electron chi connectivity index (χ0n) is 18.2. The summed E-state index contributed by atoms with van der Waals surface area (Å²) in [7, 11) is 2.80. The molecule has 1 aliphatic carbocycles. The quantitative estimate of drug-likeness (QED) is 0.356. The minimum Gasteiger partial charge on any atom is -0.545 e. The normalized spacial score (nSPS) is 13.1. The van der Waals surface area contributed by atoms with Crippen LogP contribution in [0.25, 0.3) is 10.9 Å². The first kappa shape index (κ1) is 26.0. The molecule has 11 heteroatoms. The predicted molar refractivity (Wildman–Crippen MR) is 114 cm³/mol. The van der Waals surface area contributed by atoms with Gasteiger partial charge in [0.15, 0.2) is 5.82 Å². The minimum atomic E-state index is -1.62. The molecule has 1 aromatic heterocycles. The third kappa shape index (κ3) is 4.94. The first-order valence-electron chi connectivity index (χ1n) is 9.73. The molecule has 168 valence electrons. The van der Waals surface area contributed by atoms with Crippen LogP contribution in [0, 0.1) is 11.6 Å². The molecule has 0 N–H and O–H groups in total. The van der Waals surface area contributed by atoms with Gasteiger partial charge in [0.25, 0.3) is 5.91 Å². The summed E-state index contributed by atoms with van der Waals surface area (Å²) in [4.78, 5) is 29.4. The fourth-order valence-electron chi connectivity index (χ4n) is 3.60. The van der Waals surface area contributed by atoms with Gasteiger partial charge in [-0.3, -0.25) is 9.63 Å². The minimum absolute atomic E-state index is 0. The number of fused-ring (bicyclic) bond motifs is 1. The van der Waals surface area contributed by atoms with Gasteiger partial charge in [-0.05, 0) is 31.0 Å². The third-order valence-corrected chi connectivity index (χ3v) is 6.85. The van der Waals surface area contributed by atoms with Gasteiger partial charge in [-0.1, -0.05) is 35.5 Å². The Labute approximate surface area is 220 Å². The van der Waals surface area contributed by atoms with Crippen LogP contribution in [0.2, 0.25) is 5.02 Å². The van der Waals surface area contributed by atoms with Crippen molar-refractivity contribution in [1.82, 2.24) is 9.63 Å². The number of benzene rings is 2. The molecule has 6 nitrogen and oxygen atoms in total. The molecule has 2 aromatic carbocycles. The Hall–Kier alpha value is -1.62. The summed E-state index contributed by atoms with van der Waals surface area (Å²) >= 11 is 7.03. The van der Waals surface area contributed by atoms with Crippen LogP contribution in [-0.2, 0) is 16.2 Å². The SMILES string of the molecule is CON(C)C(=O)Cn1c(C2CC2)c(Sc2cccc(C(=O)[O-])c2F)c2ccc(Cl)c(F)c21.[Na+]. The summed E-state index contributed by atoms with van der Waals surface area (Å²) in [5, 5.41) is 12.6. The van der Waals surface area contributed by atoms with Crippen molar-refractivity contribution in [1.29, 1.82) is 0 Å². The molecule has 4 rings (SSSR count). The van der Waals surface area contributed by atoms with E-state index in [-0.39, 0.29) is 57.5 Å². The number of carbonyl (C=O) groups excluding carboxylic acids is 2. The maximum atomic E-state index is 15.2. The van der Waals surface area contributed by atoms with Crippen LogP contribution in [0.15, 0.2) is 40.1 Å². The number of carboxylic acid groups (broad SMARTS) is 1. The first-order valence-corrected chi connectivity index (χ1v) is 10.9. The molecule has 1 heterocycles. The number of amides is 1. The second-order valence-electron chi connectivity index (χ2n) is 7.41. The summed E-state index contributed by atoms with van der Waals surface area (Å²) in [5.74, 6) is -3.59. The summed E-state index contributed by atoms with van der Waals surface area (Å²) in [6, 6.07) is 7.01. The molecular weight excluding hydrogens is 485 g/mol. The Balaban J connectivity index is 0.00000306. The van der Waals surface area contributed by atoms with Crippen molar-refractivity contribution < 1.29 is 57.9 Å². The monoisotopic (exact) mass is 502 g/mol. The zero-order chi connectivity index (χ0) is 23.2. The van der Waals surface area contributed by atoms with Gasteiger partial charge in [-0.15, -0.1) is 0 Å². The van der Waals surface area contributed by atoms with Crippen LogP contribution in [0.3, 0.4) is 0 Å². The summed E-state index contributed by atoms with van der Waals surface area (Å²) < 4.78 is 31.6. The van der Waals surface area contributed by atoms with Crippen molar-refractivity contribution in [3.8, 4) is 0 Å². The van der Waals surface area contributed by atoms with E-state index in [0.717, 1.165) is 35.7 Å². The van der Waals surface area contributed by atoms with Gasteiger partial charge in [0.2, 0.25) is 0 Å². The van der Waals surface area contributed by atoms with Gasteiger partial charge < -0.3 is 14.5 Å². The van der Waals surface area contributed by atoms with Crippen molar-refractivity contribution in [2.45, 2.75) is 35.1 Å². The number of carboxylic acids is 1. The van der Waals surface area contributed by atoms with Crippen LogP contribution in [0.1, 0.15) is 34.8 Å². The van der Waals surface area contributed by atoms with Crippen molar-refractivity contribution in [3.63, 3.8) is 0 Å². The standard InChI is InChI=1S/C22H19ClF2N2O4S.Na/c1-26(31-2)16(28)10-27-19(11-6-7-11)21(13-8-9-14(23)18(25)20(13)27)32-15-5-3-4-12(17(15)24)22(29)30;/h3-5,8-9,11H,6-7,10H2,1-2H3,(H,29,30);/q;+1/p-1. The fraction of sp³-hybridized carbons (Fsp3) is 0.273. The molecule has 0 radical (unpaired) electrons. The molecule has 1 amide bonds. The summed E-state index contributed by atoms with van der Waals surface area (Å²) in [6.45, 7) is -0.202. The summed E-state index contributed by atoms with van der Waals surface area (Å²) in [6.07, 6.45) is 1.66. The molecule has 1 saturated carbocycles. The van der Waals surface area contributed by atoms with E-state index in [2.05, 4.69) is 0 Å². The Bertz CT molecular complexity index is 1250. The number of nitrogens with zero attached hydrogens (tertiary/aromatic N) is 2. The van der Waals surface area contributed by atoms with Gasteiger partial charge in [0.05, 0.1) is 23.6 Å². The van der Waals surface area contributed by atoms with E-state index in [1.807, 2.05) is 0 Å². The predicted octanol–water partition coefficient (Wildman–Crippen LogP) is 0.989. The smallest absolute Gasteiger partial charge is 0.545 e. The average Bonchev–Trinajstić information content (AvgIpc) is 3.55. The Morgan fingerprint density at radius 3 is 2.55 bits per heavy atom. The van der Waals surface area contributed by atoms with Crippen molar-refractivity contribution in [2.75, 3.05) is 14.2 Å². The summed E-state index contributed by atoms with van der Waals surface area (Å²) in [5.41, 5.74) is 0.260. The molecule has 1 fully saturated rings. The van der Waals surface area contributed by atoms with Gasteiger partial charge in [-0.25, -0.2) is 13.8 Å². The second kappa shape index (κ2) is 10.3. The zero-order valence-corrected chi connectivity index (χ0v) is 21.7. The van der Waals surface area contributed by atoms with E-state index in [1.54, 1.807) is 10.6 Å². The van der Waals surface area contributed by atoms with Gasteiger partial charge in [0, 0.05) is 39.4 Å². The fourth-order valence-corrected chi connectivity index (χ4v) is 4.97. The first-order chi connectivity index (χ1) is 15.2. The molecule has 0 saturated heterocycles. The van der Waals surface area contributed by atoms with Crippen LogP contribution < -0.4 is 34.7 Å². The van der Waals surface area contributed by atoms with Crippen molar-refractivity contribution in [2.24, 2.45) is 0 Å². The van der Waals surface area contributed by atoms with E-state index in [0.29, 0.717) is 16.0 Å². The number of hydrogen-bond donors (Lipinski definition) is 0. The van der Waals surface area contributed by atoms with E-state index >= 15 is 4.39 Å². The van der Waals surface area contributed by atoms with Crippen LogP contribution in [0.5, 0.6) is 0 Å². The van der Waals surface area contributed by atoms with E-state index in [4.69, 9.17) is 16.4 Å². The average molecular weight is 503 g/mol. The molecule has 33 heavy (non-hydrogen) atoms. The van der Waals surface area contributed by atoms with Crippen LogP contribution in [-0.4, -0.2) is 35.7 Å². The van der Waals surface area contributed by atoms with E-state index in [9.17, 15) is 19.1 Å². The van der Waals surface area contributed by atoms with Crippen LogP contribution in [0.4, 0.5) is 8.78 Å². The third-order valence-electron chi connectivity index (χ3n) is 5.38. The number of hydrogen-bond acceptors (Lipinski definition) is 5. The Morgan fingerprint density at radius 2 is 1.94 bits per heavy atom. The number of likely N-dealkylation sites (N-methyl/N-ethyl adjacent to an activating group) is 1. The number of hydroxylamine groups is 2. The molecule has 1 aliphatic rings. The molecule has 0 aliphatic heterocycles. The maximum Gasteiger partial charge on any atom is 1.00 e. The molecule has 0 spiro atoms. The molecule has 0 atom stereocenters. The Kier molecular flexibility index (Phi) is 8.14. The number of aromatic carboxylic acids is 1.